The smallest absolute Gasteiger partial charge is 0.289 e. The maximum atomic E-state index is 12.5. The van der Waals surface area contributed by atoms with Crippen LogP contribution >= 0.6 is 24.0 Å². The molecule has 0 aromatic carbocycles. The predicted molar refractivity (Wildman–Crippen MR) is 128 cm³/mol. The van der Waals surface area contributed by atoms with Gasteiger partial charge in [0.05, 0.1) is 25.2 Å². The number of hydrogen-bond acceptors (Lipinski definition) is 5. The molecule has 2 fully saturated rings. The Kier molecular flexibility index (Phi) is 9.26. The number of nitrogens with one attached hydrogen (secondary N) is 1. The van der Waals surface area contributed by atoms with E-state index in [4.69, 9.17) is 18.6 Å². The number of carbonyl (C=O) groups is 1. The quantitative estimate of drug-likeness (QED) is 0.344. The number of rotatable bonds is 6. The monoisotopic (exact) mass is 542 g/mol. The lowest BCUT2D eigenvalue weighted by atomic mass is 10.1. The van der Waals surface area contributed by atoms with E-state index in [1.165, 1.54) is 12.7 Å². The van der Waals surface area contributed by atoms with Crippen molar-refractivity contribution in [2.45, 2.75) is 31.8 Å². The van der Waals surface area contributed by atoms with E-state index in [1.807, 2.05) is 17.0 Å². The first-order valence-corrected chi connectivity index (χ1v) is 10.8. The first-order valence-electron chi connectivity index (χ1n) is 10.8. The molecule has 1 atom stereocenters. The Morgan fingerprint density at radius 1 is 1.06 bits per heavy atom. The molecule has 0 saturated carbocycles. The summed E-state index contributed by atoms with van der Waals surface area (Å²) in [5.41, 5.74) is 0. The number of ether oxygens (including phenoxy) is 1. The molecule has 0 bridgehead atoms. The lowest BCUT2D eigenvalue weighted by molar-refractivity contribution is 0.0222. The van der Waals surface area contributed by atoms with Gasteiger partial charge >= 0.3 is 0 Å². The molecule has 0 radical (unpaired) electrons. The Balaban J connectivity index is 0.00000272. The molecule has 2 aliphatic heterocycles. The fourth-order valence-corrected chi connectivity index (χ4v) is 3.84. The molecule has 0 aliphatic carbocycles. The van der Waals surface area contributed by atoms with Gasteiger partial charge in [-0.3, -0.25) is 9.79 Å². The standard InChI is InChI=1S/C22H30N4O4.HI/c27-21(20-7-4-16-30-20)25-10-12-26(13-11-25)22(23-9-8-18-6-3-15-28-18)24-17-19-5-1-2-14-29-19;/h3-4,6-7,15-16,19H,1-2,5,8-14,17H2,(H,23,24);1H. The largest absolute Gasteiger partial charge is 0.469 e. The molecule has 31 heavy (non-hydrogen) atoms. The normalized spacial score (nSPS) is 19.7. The number of piperazine rings is 1. The van der Waals surface area contributed by atoms with Crippen molar-refractivity contribution in [2.75, 3.05) is 45.9 Å². The number of carbonyl (C=O) groups excluding carboxylic acids is 1. The Morgan fingerprint density at radius 2 is 1.84 bits per heavy atom. The number of furan rings is 2. The summed E-state index contributed by atoms with van der Waals surface area (Å²) in [6, 6.07) is 7.33. The van der Waals surface area contributed by atoms with Crippen LogP contribution in [0.15, 0.2) is 50.6 Å². The second-order valence-electron chi connectivity index (χ2n) is 7.67. The number of halogens is 1. The zero-order valence-electron chi connectivity index (χ0n) is 17.7. The molecule has 1 N–H and O–H groups in total. The van der Waals surface area contributed by atoms with Crippen molar-refractivity contribution in [3.63, 3.8) is 0 Å². The first kappa shape index (κ1) is 23.6. The van der Waals surface area contributed by atoms with Crippen molar-refractivity contribution < 1.29 is 18.4 Å². The predicted octanol–water partition coefficient (Wildman–Crippen LogP) is 3.01. The summed E-state index contributed by atoms with van der Waals surface area (Å²) in [5.74, 6) is 2.16. The van der Waals surface area contributed by atoms with Crippen LogP contribution in [0.5, 0.6) is 0 Å². The average Bonchev–Trinajstić information content (AvgIpc) is 3.51. The zero-order valence-corrected chi connectivity index (χ0v) is 20.0. The zero-order chi connectivity index (χ0) is 20.6. The molecule has 2 saturated heterocycles. The Hall–Kier alpha value is -2.01. The first-order chi connectivity index (χ1) is 14.8. The van der Waals surface area contributed by atoms with Gasteiger partial charge < -0.3 is 28.7 Å². The number of amides is 1. The highest BCUT2D eigenvalue weighted by atomic mass is 127. The van der Waals surface area contributed by atoms with E-state index in [1.54, 1.807) is 18.4 Å². The second kappa shape index (κ2) is 12.1. The lowest BCUT2D eigenvalue weighted by Crippen LogP contribution is -2.54. The van der Waals surface area contributed by atoms with Crippen LogP contribution in [0, 0.1) is 0 Å². The lowest BCUT2D eigenvalue weighted by Gasteiger charge is -2.36. The van der Waals surface area contributed by atoms with Crippen LogP contribution < -0.4 is 5.32 Å². The fraction of sp³-hybridized carbons (Fsp3) is 0.545. The highest BCUT2D eigenvalue weighted by Crippen LogP contribution is 2.14. The fourth-order valence-electron chi connectivity index (χ4n) is 3.84. The van der Waals surface area contributed by atoms with E-state index >= 15 is 0 Å². The summed E-state index contributed by atoms with van der Waals surface area (Å²) in [6.45, 7) is 4.96. The van der Waals surface area contributed by atoms with Gasteiger partial charge in [-0.25, -0.2) is 0 Å². The van der Waals surface area contributed by atoms with Crippen LogP contribution in [0.2, 0.25) is 0 Å². The maximum absolute atomic E-state index is 12.5. The van der Waals surface area contributed by atoms with Crippen LogP contribution in [0.3, 0.4) is 0 Å². The van der Waals surface area contributed by atoms with Gasteiger partial charge in [0.25, 0.3) is 5.91 Å². The van der Waals surface area contributed by atoms with Crippen LogP contribution in [-0.2, 0) is 11.2 Å². The number of aliphatic imine (C=N–C) groups is 1. The van der Waals surface area contributed by atoms with Gasteiger partial charge in [-0.2, -0.15) is 0 Å². The third kappa shape index (κ3) is 6.73. The molecule has 1 amide bonds. The van der Waals surface area contributed by atoms with Crippen molar-refractivity contribution in [2.24, 2.45) is 4.99 Å². The molecule has 2 aliphatic rings. The van der Waals surface area contributed by atoms with Gasteiger partial charge in [0.1, 0.15) is 5.76 Å². The van der Waals surface area contributed by atoms with Gasteiger partial charge in [-0.1, -0.05) is 0 Å². The summed E-state index contributed by atoms with van der Waals surface area (Å²) in [6.07, 6.45) is 7.62. The maximum Gasteiger partial charge on any atom is 0.289 e. The van der Waals surface area contributed by atoms with Crippen LogP contribution in [0.1, 0.15) is 35.6 Å². The van der Waals surface area contributed by atoms with Crippen molar-refractivity contribution in [1.82, 2.24) is 15.1 Å². The van der Waals surface area contributed by atoms with Crippen molar-refractivity contribution in [3.8, 4) is 0 Å². The highest BCUT2D eigenvalue weighted by Gasteiger charge is 2.25. The van der Waals surface area contributed by atoms with E-state index < -0.39 is 0 Å². The Labute approximate surface area is 200 Å². The van der Waals surface area contributed by atoms with Gasteiger partial charge in [0, 0.05) is 45.8 Å². The summed E-state index contributed by atoms with van der Waals surface area (Å²) in [7, 11) is 0. The molecule has 8 nitrogen and oxygen atoms in total. The number of hydrogen-bond donors (Lipinski definition) is 1. The highest BCUT2D eigenvalue weighted by molar-refractivity contribution is 14.0. The molecule has 4 rings (SSSR count). The van der Waals surface area contributed by atoms with Crippen LogP contribution in [0.4, 0.5) is 0 Å². The van der Waals surface area contributed by atoms with E-state index in [0.29, 0.717) is 25.4 Å². The number of guanidine groups is 1. The molecule has 0 spiro atoms. The van der Waals surface area contributed by atoms with E-state index in [-0.39, 0.29) is 36.0 Å². The third-order valence-corrected chi connectivity index (χ3v) is 5.55. The Morgan fingerprint density at radius 3 is 2.52 bits per heavy atom. The van der Waals surface area contributed by atoms with Crippen LogP contribution in [-0.4, -0.2) is 73.6 Å². The van der Waals surface area contributed by atoms with Gasteiger partial charge in [-0.05, 0) is 43.5 Å². The van der Waals surface area contributed by atoms with Gasteiger partial charge in [0.15, 0.2) is 11.7 Å². The van der Waals surface area contributed by atoms with E-state index in [2.05, 4.69) is 10.2 Å². The van der Waals surface area contributed by atoms with Gasteiger partial charge in [-0.15, -0.1) is 24.0 Å². The van der Waals surface area contributed by atoms with Crippen molar-refractivity contribution in [3.05, 3.63) is 48.3 Å². The summed E-state index contributed by atoms with van der Waals surface area (Å²) in [4.78, 5) is 21.4. The third-order valence-electron chi connectivity index (χ3n) is 5.55. The topological polar surface area (TPSA) is 83.5 Å². The minimum absolute atomic E-state index is 0. The second-order valence-corrected chi connectivity index (χ2v) is 7.67. The molecular formula is C22H31IN4O4. The molecule has 1 unspecified atom stereocenters. The molecule has 9 heteroatoms. The molecule has 2 aromatic rings. The average molecular weight is 542 g/mol. The molecule has 2 aromatic heterocycles. The minimum atomic E-state index is -0.0560. The summed E-state index contributed by atoms with van der Waals surface area (Å²) < 4.78 is 16.5. The Bertz CT molecular complexity index is 796. The van der Waals surface area contributed by atoms with Gasteiger partial charge in [0.2, 0.25) is 0 Å². The summed E-state index contributed by atoms with van der Waals surface area (Å²) in [5, 5.41) is 3.48. The van der Waals surface area contributed by atoms with Crippen LogP contribution in [0.25, 0.3) is 0 Å². The SMILES string of the molecule is I.O=C(c1ccco1)N1CCN(C(=NCC2CCCCO2)NCCc2ccco2)CC1. The molecule has 170 valence electrons. The van der Waals surface area contributed by atoms with Crippen molar-refractivity contribution in [1.29, 1.82) is 0 Å². The van der Waals surface area contributed by atoms with E-state index in [9.17, 15) is 4.79 Å². The number of nitrogens with zero attached hydrogens (tertiary/aromatic N) is 3. The minimum Gasteiger partial charge on any atom is -0.469 e. The van der Waals surface area contributed by atoms with Crippen molar-refractivity contribution >= 4 is 35.8 Å². The molecular weight excluding hydrogens is 511 g/mol. The molecule has 4 heterocycles. The van der Waals surface area contributed by atoms with E-state index in [0.717, 1.165) is 57.2 Å². The summed E-state index contributed by atoms with van der Waals surface area (Å²) >= 11 is 0.